The number of alkyl halides is 3. The molecule has 13 heteroatoms. The smallest absolute Gasteiger partial charge is 0.387 e. The van der Waals surface area contributed by atoms with Gasteiger partial charge in [-0.3, -0.25) is 9.10 Å². The highest BCUT2D eigenvalue weighted by atomic mass is 32.2. The number of hydrogen-bond acceptors (Lipinski definition) is 6. The molecular weight excluding hydrogens is 501 g/mol. The fourth-order valence-corrected chi connectivity index (χ4v) is 5.30. The minimum Gasteiger partial charge on any atom is -0.387 e. The third-order valence-electron chi connectivity index (χ3n) is 6.07. The number of amides is 1. The van der Waals surface area contributed by atoms with Crippen molar-refractivity contribution in [2.24, 2.45) is 5.92 Å². The highest BCUT2D eigenvalue weighted by molar-refractivity contribution is 7.92. The third-order valence-corrected chi connectivity index (χ3v) is 7.87. The van der Waals surface area contributed by atoms with E-state index in [0.29, 0.717) is 31.7 Å². The first-order valence-corrected chi connectivity index (χ1v) is 12.6. The number of sulfonamides is 1. The Morgan fingerprint density at radius 1 is 1.19 bits per heavy atom. The summed E-state index contributed by atoms with van der Waals surface area (Å²) < 4.78 is 75.1. The average Bonchev–Trinajstić information content (AvgIpc) is 3.22. The maximum Gasteiger partial charge on any atom is 0.449 e. The maximum atomic E-state index is 13.8. The number of aliphatic hydroxyl groups is 1. The molecule has 0 unspecified atom stereocenters. The Hall–Kier alpha value is -3.16. The number of benzene rings is 2. The van der Waals surface area contributed by atoms with Crippen molar-refractivity contribution >= 4 is 38.3 Å². The first-order chi connectivity index (χ1) is 17.0. The van der Waals surface area contributed by atoms with Crippen molar-refractivity contribution < 1.29 is 36.2 Å². The number of ether oxygens (including phenoxy) is 1. The fraction of sp³-hybridized carbons (Fsp3) is 0.391. The summed E-state index contributed by atoms with van der Waals surface area (Å²) >= 11 is 0. The second-order valence-electron chi connectivity index (χ2n) is 8.48. The van der Waals surface area contributed by atoms with E-state index in [1.54, 1.807) is 0 Å². The van der Waals surface area contributed by atoms with Crippen LogP contribution in [0.5, 0.6) is 0 Å². The maximum absolute atomic E-state index is 13.8. The number of fused-ring (bicyclic) bond motifs is 1. The lowest BCUT2D eigenvalue weighted by atomic mass is 10.0. The van der Waals surface area contributed by atoms with Crippen LogP contribution in [-0.4, -0.2) is 55.9 Å². The number of carbonyl (C=O) groups is 1. The molecule has 194 valence electrons. The van der Waals surface area contributed by atoms with Crippen molar-refractivity contribution in [3.63, 3.8) is 0 Å². The van der Waals surface area contributed by atoms with E-state index in [1.807, 2.05) is 0 Å². The normalized spacial score (nSPS) is 15.2. The van der Waals surface area contributed by atoms with E-state index >= 15 is 0 Å². The number of hydrogen-bond donors (Lipinski definition) is 2. The van der Waals surface area contributed by atoms with Crippen LogP contribution in [0.4, 0.5) is 24.5 Å². The summed E-state index contributed by atoms with van der Waals surface area (Å²) in [7, 11) is -2.77. The van der Waals surface area contributed by atoms with Crippen LogP contribution in [0.25, 0.3) is 11.0 Å². The van der Waals surface area contributed by atoms with Gasteiger partial charge in [0.25, 0.3) is 10.0 Å². The number of nitrogens with zero attached hydrogens (tertiary/aromatic N) is 3. The molecule has 9 nitrogen and oxygen atoms in total. The van der Waals surface area contributed by atoms with Gasteiger partial charge in [0.15, 0.2) is 0 Å². The highest BCUT2D eigenvalue weighted by Crippen LogP contribution is 2.35. The SMILES string of the molecule is CN(c1ccc2c(c1)nc(C(F)(F)F)n2CC1CCOCC1)S(=O)(=O)c1ccc(NC(=O)CO)cc1. The third kappa shape index (κ3) is 5.32. The molecule has 36 heavy (non-hydrogen) atoms. The van der Waals surface area contributed by atoms with Gasteiger partial charge in [0.1, 0.15) is 6.61 Å². The second-order valence-corrected chi connectivity index (χ2v) is 10.4. The molecule has 0 radical (unpaired) electrons. The minimum absolute atomic E-state index is 0.0186. The van der Waals surface area contributed by atoms with Gasteiger partial charge < -0.3 is 19.7 Å². The molecule has 0 saturated carbocycles. The van der Waals surface area contributed by atoms with Crippen molar-refractivity contribution in [3.05, 3.63) is 48.3 Å². The number of aromatic nitrogens is 2. The van der Waals surface area contributed by atoms with Crippen molar-refractivity contribution in [2.45, 2.75) is 30.5 Å². The van der Waals surface area contributed by atoms with E-state index < -0.39 is 34.5 Å². The lowest BCUT2D eigenvalue weighted by Gasteiger charge is -2.24. The zero-order valence-electron chi connectivity index (χ0n) is 19.3. The molecule has 2 N–H and O–H groups in total. The molecule has 0 spiro atoms. The van der Waals surface area contributed by atoms with Gasteiger partial charge in [-0.1, -0.05) is 0 Å². The Morgan fingerprint density at radius 3 is 2.47 bits per heavy atom. The Labute approximate surface area is 205 Å². The molecule has 1 aromatic heterocycles. The average molecular weight is 527 g/mol. The predicted molar refractivity (Wildman–Crippen MR) is 126 cm³/mol. The molecule has 1 aliphatic rings. The number of nitrogens with one attached hydrogen (secondary N) is 1. The zero-order chi connectivity index (χ0) is 26.1. The number of halogens is 3. The quantitative estimate of drug-likeness (QED) is 0.489. The molecule has 4 rings (SSSR count). The van der Waals surface area contributed by atoms with Gasteiger partial charge in [0.05, 0.1) is 21.6 Å². The van der Waals surface area contributed by atoms with Gasteiger partial charge in [0.2, 0.25) is 11.7 Å². The van der Waals surface area contributed by atoms with Crippen molar-refractivity contribution in [2.75, 3.05) is 36.5 Å². The lowest BCUT2D eigenvalue weighted by Crippen LogP contribution is -2.26. The van der Waals surface area contributed by atoms with Crippen LogP contribution in [0.1, 0.15) is 18.7 Å². The molecular formula is C23H25F3N4O5S. The standard InChI is InChI=1S/C23H25F3N4O5S/c1-29(36(33,34)18-5-2-16(3-6-18)27-21(32)14-31)17-4-7-20-19(12-17)28-22(23(24,25)26)30(20)13-15-8-10-35-11-9-15/h2-7,12,15,31H,8-11,13-14H2,1H3,(H,27,32). The van der Waals surface area contributed by atoms with Crippen LogP contribution in [0, 0.1) is 5.92 Å². The predicted octanol–water partition coefficient (Wildman–Crippen LogP) is 3.24. The van der Waals surface area contributed by atoms with Crippen LogP contribution in [0.3, 0.4) is 0 Å². The van der Waals surface area contributed by atoms with Gasteiger partial charge in [0, 0.05) is 32.5 Å². The van der Waals surface area contributed by atoms with E-state index in [1.165, 1.54) is 49.5 Å². The largest absolute Gasteiger partial charge is 0.449 e. The highest BCUT2D eigenvalue weighted by Gasteiger charge is 2.38. The Balaban J connectivity index is 1.65. The zero-order valence-corrected chi connectivity index (χ0v) is 20.1. The van der Waals surface area contributed by atoms with Gasteiger partial charge >= 0.3 is 6.18 Å². The summed E-state index contributed by atoms with van der Waals surface area (Å²) in [6.45, 7) is 0.425. The van der Waals surface area contributed by atoms with E-state index in [2.05, 4.69) is 10.3 Å². The second kappa shape index (κ2) is 10.1. The molecule has 1 fully saturated rings. The minimum atomic E-state index is -4.67. The summed E-state index contributed by atoms with van der Waals surface area (Å²) in [5.74, 6) is -1.65. The summed E-state index contributed by atoms with van der Waals surface area (Å²) in [5.41, 5.74) is 0.750. The molecule has 1 amide bonds. The topological polar surface area (TPSA) is 114 Å². The van der Waals surface area contributed by atoms with Gasteiger partial charge in [-0.05, 0) is 61.2 Å². The molecule has 2 heterocycles. The van der Waals surface area contributed by atoms with E-state index in [4.69, 9.17) is 9.84 Å². The van der Waals surface area contributed by atoms with Crippen molar-refractivity contribution in [1.82, 2.24) is 9.55 Å². The lowest BCUT2D eigenvalue weighted by molar-refractivity contribution is -0.147. The van der Waals surface area contributed by atoms with Gasteiger partial charge in [-0.2, -0.15) is 13.2 Å². The van der Waals surface area contributed by atoms with Crippen LogP contribution >= 0.6 is 0 Å². The summed E-state index contributed by atoms with van der Waals surface area (Å²) in [5, 5.41) is 11.2. The molecule has 0 bridgehead atoms. The van der Waals surface area contributed by atoms with Crippen LogP contribution in [0.2, 0.25) is 0 Å². The molecule has 3 aromatic rings. The first-order valence-electron chi connectivity index (χ1n) is 11.2. The monoisotopic (exact) mass is 526 g/mol. The number of rotatable bonds is 7. The van der Waals surface area contributed by atoms with Crippen LogP contribution in [-0.2, 0) is 32.3 Å². The number of aliphatic hydroxyl groups excluding tert-OH is 1. The first kappa shape index (κ1) is 25.9. The van der Waals surface area contributed by atoms with Gasteiger partial charge in [-0.15, -0.1) is 0 Å². The summed E-state index contributed by atoms with van der Waals surface area (Å²) in [6, 6.07) is 9.50. The van der Waals surface area contributed by atoms with E-state index in [9.17, 15) is 26.4 Å². The van der Waals surface area contributed by atoms with Gasteiger partial charge in [-0.25, -0.2) is 13.4 Å². The van der Waals surface area contributed by atoms with Crippen LogP contribution in [0.15, 0.2) is 47.4 Å². The Bertz CT molecular complexity index is 1350. The Kier molecular flexibility index (Phi) is 7.25. The van der Waals surface area contributed by atoms with Crippen molar-refractivity contribution in [1.29, 1.82) is 0 Å². The fourth-order valence-electron chi connectivity index (χ4n) is 4.11. The molecule has 0 aliphatic carbocycles. The number of carbonyl (C=O) groups excluding carboxylic acids is 1. The van der Waals surface area contributed by atoms with Crippen molar-refractivity contribution in [3.8, 4) is 0 Å². The molecule has 2 aromatic carbocycles. The number of imidazole rings is 1. The summed E-state index contributed by atoms with van der Waals surface area (Å²) in [6.07, 6.45) is -3.37. The van der Waals surface area contributed by atoms with E-state index in [0.717, 1.165) is 8.87 Å². The number of anilines is 2. The summed E-state index contributed by atoms with van der Waals surface area (Å²) in [4.78, 5) is 15.0. The molecule has 0 atom stereocenters. The van der Waals surface area contributed by atoms with Crippen LogP contribution < -0.4 is 9.62 Å². The molecule has 1 aliphatic heterocycles. The Morgan fingerprint density at radius 2 is 1.86 bits per heavy atom. The molecule has 1 saturated heterocycles. The van der Waals surface area contributed by atoms with E-state index in [-0.39, 0.29) is 34.1 Å².